The SMILES string of the molecule is COC(=O)c1cc(NC(=O)Oc2ccccc2)cc2[nH]c(-c3cccc(CO)c3)cc12. The van der Waals surface area contributed by atoms with Gasteiger partial charge in [0.1, 0.15) is 5.75 Å². The lowest BCUT2D eigenvalue weighted by Crippen LogP contribution is -2.17. The maximum Gasteiger partial charge on any atom is 0.417 e. The highest BCUT2D eigenvalue weighted by Gasteiger charge is 2.17. The van der Waals surface area contributed by atoms with Crippen molar-refractivity contribution in [2.24, 2.45) is 0 Å². The number of aromatic nitrogens is 1. The van der Waals surface area contributed by atoms with Crippen molar-refractivity contribution in [2.75, 3.05) is 12.4 Å². The summed E-state index contributed by atoms with van der Waals surface area (Å²) in [4.78, 5) is 27.9. The molecule has 0 unspecified atom stereocenters. The van der Waals surface area contributed by atoms with Gasteiger partial charge in [-0.1, -0.05) is 36.4 Å². The molecule has 7 nitrogen and oxygen atoms in total. The molecular weight excluding hydrogens is 396 g/mol. The largest absolute Gasteiger partial charge is 0.465 e. The van der Waals surface area contributed by atoms with Gasteiger partial charge in [-0.05, 0) is 47.5 Å². The van der Waals surface area contributed by atoms with Gasteiger partial charge in [0.25, 0.3) is 0 Å². The minimum absolute atomic E-state index is 0.0704. The molecule has 0 saturated heterocycles. The smallest absolute Gasteiger partial charge is 0.417 e. The molecule has 0 bridgehead atoms. The van der Waals surface area contributed by atoms with E-state index in [9.17, 15) is 14.7 Å². The van der Waals surface area contributed by atoms with Crippen LogP contribution in [-0.2, 0) is 11.3 Å². The molecular formula is C24H20N2O5. The van der Waals surface area contributed by atoms with E-state index in [4.69, 9.17) is 9.47 Å². The first-order valence-corrected chi connectivity index (χ1v) is 9.56. The van der Waals surface area contributed by atoms with Crippen LogP contribution in [0, 0.1) is 0 Å². The quantitative estimate of drug-likeness (QED) is 0.409. The summed E-state index contributed by atoms with van der Waals surface area (Å²) in [6.07, 6.45) is -0.677. The molecule has 4 aromatic rings. The molecule has 0 radical (unpaired) electrons. The zero-order valence-electron chi connectivity index (χ0n) is 16.7. The van der Waals surface area contributed by atoms with Crippen molar-refractivity contribution in [2.45, 2.75) is 6.61 Å². The van der Waals surface area contributed by atoms with E-state index in [0.717, 1.165) is 16.8 Å². The van der Waals surface area contributed by atoms with E-state index >= 15 is 0 Å². The molecule has 4 rings (SSSR count). The number of hydrogen-bond acceptors (Lipinski definition) is 5. The number of aromatic amines is 1. The van der Waals surface area contributed by atoms with Crippen molar-refractivity contribution in [1.82, 2.24) is 4.98 Å². The van der Waals surface area contributed by atoms with E-state index in [1.54, 1.807) is 36.4 Å². The average molecular weight is 416 g/mol. The number of carbonyl (C=O) groups is 2. The number of esters is 1. The minimum Gasteiger partial charge on any atom is -0.465 e. The van der Waals surface area contributed by atoms with Gasteiger partial charge in [0.2, 0.25) is 0 Å². The fraction of sp³-hybridized carbons (Fsp3) is 0.0833. The number of amides is 1. The minimum atomic E-state index is -0.677. The monoisotopic (exact) mass is 416 g/mol. The van der Waals surface area contributed by atoms with Crippen molar-refractivity contribution in [3.8, 4) is 17.0 Å². The molecule has 0 saturated carbocycles. The van der Waals surface area contributed by atoms with E-state index in [1.807, 2.05) is 36.4 Å². The standard InChI is InChI=1S/C24H20N2O5/c1-30-23(28)20-11-17(25-24(29)31-18-8-3-2-4-9-18)12-22-19(20)13-21(26-22)16-7-5-6-15(10-16)14-27/h2-13,26-27H,14H2,1H3,(H,25,29). The molecule has 0 fully saturated rings. The van der Waals surface area contributed by atoms with E-state index in [0.29, 0.717) is 27.9 Å². The molecule has 1 heterocycles. The van der Waals surface area contributed by atoms with E-state index in [1.165, 1.54) is 7.11 Å². The maximum atomic E-state index is 12.4. The molecule has 0 aliphatic heterocycles. The molecule has 0 aliphatic rings. The summed E-state index contributed by atoms with van der Waals surface area (Å²) in [5.74, 6) is -0.125. The van der Waals surface area contributed by atoms with Crippen molar-refractivity contribution in [3.63, 3.8) is 0 Å². The summed E-state index contributed by atoms with van der Waals surface area (Å²) in [6, 6.07) is 21.2. The topological polar surface area (TPSA) is 101 Å². The average Bonchev–Trinajstić information content (AvgIpc) is 3.23. The van der Waals surface area contributed by atoms with Crippen molar-refractivity contribution in [1.29, 1.82) is 0 Å². The second-order valence-electron chi connectivity index (χ2n) is 6.85. The Labute approximate surface area is 178 Å². The number of rotatable bonds is 5. The summed E-state index contributed by atoms with van der Waals surface area (Å²) in [6.45, 7) is -0.0704. The predicted molar refractivity (Wildman–Crippen MR) is 117 cm³/mol. The molecule has 3 aromatic carbocycles. The summed E-state index contributed by atoms with van der Waals surface area (Å²) >= 11 is 0. The Morgan fingerprint density at radius 1 is 1.00 bits per heavy atom. The van der Waals surface area contributed by atoms with E-state index in [2.05, 4.69) is 10.3 Å². The highest BCUT2D eigenvalue weighted by molar-refractivity contribution is 6.07. The lowest BCUT2D eigenvalue weighted by atomic mass is 10.1. The van der Waals surface area contributed by atoms with Crippen LogP contribution in [0.5, 0.6) is 5.75 Å². The van der Waals surface area contributed by atoms with Gasteiger partial charge in [-0.2, -0.15) is 0 Å². The number of aliphatic hydroxyl groups excluding tert-OH is 1. The fourth-order valence-corrected chi connectivity index (χ4v) is 3.32. The molecule has 0 spiro atoms. The number of methoxy groups -OCH3 is 1. The molecule has 0 aliphatic carbocycles. The Bertz CT molecular complexity index is 1250. The molecule has 1 amide bonds. The van der Waals surface area contributed by atoms with Crippen LogP contribution < -0.4 is 10.1 Å². The van der Waals surface area contributed by atoms with Crippen LogP contribution in [0.3, 0.4) is 0 Å². The van der Waals surface area contributed by atoms with Crippen LogP contribution in [0.2, 0.25) is 0 Å². The third-order valence-corrected chi connectivity index (χ3v) is 4.76. The van der Waals surface area contributed by atoms with Gasteiger partial charge in [-0.3, -0.25) is 5.32 Å². The zero-order chi connectivity index (χ0) is 21.8. The van der Waals surface area contributed by atoms with Gasteiger partial charge in [0.05, 0.1) is 19.3 Å². The van der Waals surface area contributed by atoms with Gasteiger partial charge in [-0.15, -0.1) is 0 Å². The van der Waals surface area contributed by atoms with Gasteiger partial charge >= 0.3 is 12.1 Å². The van der Waals surface area contributed by atoms with Crippen molar-refractivity contribution >= 4 is 28.7 Å². The molecule has 7 heteroatoms. The number of anilines is 1. The number of benzene rings is 3. The van der Waals surface area contributed by atoms with Crippen LogP contribution in [0.4, 0.5) is 10.5 Å². The first-order valence-electron chi connectivity index (χ1n) is 9.56. The zero-order valence-corrected chi connectivity index (χ0v) is 16.7. The third kappa shape index (κ3) is 4.41. The number of hydrogen-bond donors (Lipinski definition) is 3. The van der Waals surface area contributed by atoms with Gasteiger partial charge < -0.3 is 19.6 Å². The Morgan fingerprint density at radius 2 is 1.81 bits per heavy atom. The second-order valence-corrected chi connectivity index (χ2v) is 6.85. The first-order chi connectivity index (χ1) is 15.1. The lowest BCUT2D eigenvalue weighted by Gasteiger charge is -2.09. The highest BCUT2D eigenvalue weighted by atomic mass is 16.6. The van der Waals surface area contributed by atoms with Crippen LogP contribution in [0.15, 0.2) is 72.8 Å². The summed E-state index contributed by atoms with van der Waals surface area (Å²) < 4.78 is 10.2. The van der Waals surface area contributed by atoms with Gasteiger partial charge in [0.15, 0.2) is 0 Å². The number of carbonyl (C=O) groups excluding carboxylic acids is 2. The van der Waals surface area contributed by atoms with Crippen molar-refractivity contribution in [3.05, 3.63) is 83.9 Å². The number of para-hydroxylation sites is 1. The Kier molecular flexibility index (Phi) is 5.68. The molecule has 156 valence electrons. The van der Waals surface area contributed by atoms with E-state index in [-0.39, 0.29) is 6.61 Å². The van der Waals surface area contributed by atoms with Crippen LogP contribution >= 0.6 is 0 Å². The predicted octanol–water partition coefficient (Wildman–Crippen LogP) is 4.72. The first kappa shape index (κ1) is 20.2. The maximum absolute atomic E-state index is 12.4. The second kappa shape index (κ2) is 8.73. The van der Waals surface area contributed by atoms with Crippen molar-refractivity contribution < 1.29 is 24.2 Å². The summed E-state index contributed by atoms with van der Waals surface area (Å²) in [5.41, 5.74) is 3.72. The number of aliphatic hydroxyl groups is 1. The molecule has 1 aromatic heterocycles. The van der Waals surface area contributed by atoms with Gasteiger partial charge in [0, 0.05) is 22.3 Å². The van der Waals surface area contributed by atoms with Crippen LogP contribution in [-0.4, -0.2) is 29.3 Å². The number of nitrogens with one attached hydrogen (secondary N) is 2. The van der Waals surface area contributed by atoms with Gasteiger partial charge in [-0.25, -0.2) is 9.59 Å². The highest BCUT2D eigenvalue weighted by Crippen LogP contribution is 2.30. The molecule has 0 atom stereocenters. The Morgan fingerprint density at radius 3 is 2.55 bits per heavy atom. The molecule has 3 N–H and O–H groups in total. The van der Waals surface area contributed by atoms with E-state index < -0.39 is 12.1 Å². The summed E-state index contributed by atoms with van der Waals surface area (Å²) in [5, 5.41) is 12.7. The normalized spacial score (nSPS) is 10.6. The Balaban J connectivity index is 1.70. The lowest BCUT2D eigenvalue weighted by molar-refractivity contribution is 0.0603. The number of H-pyrrole nitrogens is 1. The molecule has 31 heavy (non-hydrogen) atoms. The third-order valence-electron chi connectivity index (χ3n) is 4.76. The number of fused-ring (bicyclic) bond motifs is 1. The number of ether oxygens (including phenoxy) is 2. The Hall–Kier alpha value is -4.10. The summed E-state index contributed by atoms with van der Waals surface area (Å²) in [7, 11) is 1.30. The fourth-order valence-electron chi connectivity index (χ4n) is 3.32. The van der Waals surface area contributed by atoms with Crippen LogP contribution in [0.1, 0.15) is 15.9 Å². The van der Waals surface area contributed by atoms with Crippen LogP contribution in [0.25, 0.3) is 22.2 Å².